The average Bonchev–Trinajstić information content (AvgIpc) is 3.22. The van der Waals surface area contributed by atoms with Crippen LogP contribution in [0, 0.1) is 11.8 Å². The standard InChI is InChI=1S/C33H46N2O5/c1-33(2,3)40-32(39)34-27(19-23-14-8-5-9-15-23)28(36)21-25(18-22-12-6-4-7-13-22)31(38)35-30-26-17-11-10-16-24(26)20-29(30)37/h4,6-7,10-13,16-17,23,25,27-30,36-37H,5,8-9,14-15,18-21H2,1-3H3,(H,34,39)(H,35,38). The summed E-state index contributed by atoms with van der Waals surface area (Å²) >= 11 is 0. The number of aliphatic hydroxyl groups is 2. The average molecular weight is 551 g/mol. The summed E-state index contributed by atoms with van der Waals surface area (Å²) in [6.45, 7) is 5.44. The lowest BCUT2D eigenvalue weighted by Crippen LogP contribution is -2.48. The summed E-state index contributed by atoms with van der Waals surface area (Å²) in [5.74, 6) is -0.348. The quantitative estimate of drug-likeness (QED) is 0.324. The van der Waals surface area contributed by atoms with Crippen LogP contribution >= 0.6 is 0 Å². The molecule has 7 nitrogen and oxygen atoms in total. The molecule has 218 valence electrons. The first-order chi connectivity index (χ1) is 19.1. The minimum atomic E-state index is -0.935. The van der Waals surface area contributed by atoms with E-state index < -0.39 is 41.9 Å². The van der Waals surface area contributed by atoms with Gasteiger partial charge < -0.3 is 25.6 Å². The summed E-state index contributed by atoms with van der Waals surface area (Å²) in [4.78, 5) is 26.5. The monoisotopic (exact) mass is 550 g/mol. The van der Waals surface area contributed by atoms with Gasteiger partial charge in [-0.05, 0) is 62.6 Å². The van der Waals surface area contributed by atoms with Gasteiger partial charge in [0.25, 0.3) is 0 Å². The molecule has 0 aliphatic heterocycles. The van der Waals surface area contributed by atoms with Crippen molar-refractivity contribution in [2.45, 2.75) is 108 Å². The molecule has 5 atom stereocenters. The summed E-state index contributed by atoms with van der Waals surface area (Å²) < 4.78 is 5.52. The van der Waals surface area contributed by atoms with Crippen LogP contribution in [0.1, 0.15) is 88.4 Å². The van der Waals surface area contributed by atoms with Crippen molar-refractivity contribution >= 4 is 12.0 Å². The number of alkyl carbamates (subject to hydrolysis) is 1. The number of ether oxygens (including phenoxy) is 1. The molecule has 0 aromatic heterocycles. The summed E-state index contributed by atoms with van der Waals surface area (Å²) in [6, 6.07) is 16.5. The third kappa shape index (κ3) is 8.55. The van der Waals surface area contributed by atoms with Crippen molar-refractivity contribution in [1.29, 1.82) is 0 Å². The van der Waals surface area contributed by atoms with Gasteiger partial charge in [0.05, 0.1) is 24.3 Å². The maximum Gasteiger partial charge on any atom is 0.407 e. The number of hydrogen-bond donors (Lipinski definition) is 4. The molecule has 2 aliphatic rings. The van der Waals surface area contributed by atoms with E-state index in [1.165, 1.54) is 6.42 Å². The number of hydrogen-bond acceptors (Lipinski definition) is 5. The fourth-order valence-electron chi connectivity index (χ4n) is 6.21. The predicted octanol–water partition coefficient (Wildman–Crippen LogP) is 5.23. The molecular weight excluding hydrogens is 504 g/mol. The highest BCUT2D eigenvalue weighted by Gasteiger charge is 2.36. The van der Waals surface area contributed by atoms with Gasteiger partial charge in [-0.3, -0.25) is 4.79 Å². The first kappa shape index (κ1) is 30.1. The lowest BCUT2D eigenvalue weighted by Gasteiger charge is -2.32. The van der Waals surface area contributed by atoms with E-state index in [1.807, 2.05) is 75.4 Å². The van der Waals surface area contributed by atoms with Gasteiger partial charge in [0.1, 0.15) is 5.60 Å². The van der Waals surface area contributed by atoms with Gasteiger partial charge in [-0.1, -0.05) is 86.7 Å². The van der Waals surface area contributed by atoms with Gasteiger partial charge in [0.2, 0.25) is 5.91 Å². The highest BCUT2D eigenvalue weighted by atomic mass is 16.6. The molecule has 2 amide bonds. The summed E-state index contributed by atoms with van der Waals surface area (Å²) in [6.07, 6.45) is 5.26. The molecule has 5 unspecified atom stereocenters. The van der Waals surface area contributed by atoms with Crippen molar-refractivity contribution in [2.24, 2.45) is 11.8 Å². The normalized spacial score (nSPS) is 21.6. The van der Waals surface area contributed by atoms with Crippen molar-refractivity contribution in [2.75, 3.05) is 0 Å². The molecule has 0 spiro atoms. The molecule has 1 saturated carbocycles. The van der Waals surface area contributed by atoms with Crippen molar-refractivity contribution < 1.29 is 24.5 Å². The van der Waals surface area contributed by atoms with E-state index in [0.717, 1.165) is 42.4 Å². The van der Waals surface area contributed by atoms with E-state index in [1.54, 1.807) is 0 Å². The zero-order valence-electron chi connectivity index (χ0n) is 24.1. The van der Waals surface area contributed by atoms with E-state index in [4.69, 9.17) is 4.74 Å². The van der Waals surface area contributed by atoms with Crippen LogP contribution in [-0.2, 0) is 22.4 Å². The molecular formula is C33H46N2O5. The van der Waals surface area contributed by atoms with Gasteiger partial charge in [-0.15, -0.1) is 0 Å². The van der Waals surface area contributed by atoms with Crippen molar-refractivity contribution in [1.82, 2.24) is 10.6 Å². The number of amides is 2. The molecule has 4 rings (SSSR count). The summed E-state index contributed by atoms with van der Waals surface area (Å²) in [5.41, 5.74) is 2.31. The molecule has 2 aliphatic carbocycles. The Balaban J connectivity index is 1.51. The van der Waals surface area contributed by atoms with Crippen LogP contribution in [-0.4, -0.2) is 46.1 Å². The molecule has 2 aromatic carbocycles. The van der Waals surface area contributed by atoms with Crippen LogP contribution in [0.15, 0.2) is 54.6 Å². The molecule has 7 heteroatoms. The molecule has 1 fully saturated rings. The van der Waals surface area contributed by atoms with E-state index in [0.29, 0.717) is 25.2 Å². The molecule has 0 heterocycles. The highest BCUT2D eigenvalue weighted by Crippen LogP contribution is 2.33. The van der Waals surface area contributed by atoms with Gasteiger partial charge in [0, 0.05) is 12.3 Å². The van der Waals surface area contributed by atoms with Gasteiger partial charge in [-0.25, -0.2) is 4.79 Å². The minimum Gasteiger partial charge on any atom is -0.444 e. The molecule has 40 heavy (non-hydrogen) atoms. The van der Waals surface area contributed by atoms with Crippen LogP contribution in [0.5, 0.6) is 0 Å². The van der Waals surface area contributed by atoms with E-state index >= 15 is 0 Å². The molecule has 2 aromatic rings. The first-order valence-electron chi connectivity index (χ1n) is 14.9. The van der Waals surface area contributed by atoms with Gasteiger partial charge in [0.15, 0.2) is 0 Å². The molecule has 4 N–H and O–H groups in total. The lowest BCUT2D eigenvalue weighted by atomic mass is 9.82. The van der Waals surface area contributed by atoms with Gasteiger partial charge >= 0.3 is 6.09 Å². The second-order valence-corrected chi connectivity index (χ2v) is 12.6. The van der Waals surface area contributed by atoms with Crippen molar-refractivity contribution in [3.8, 4) is 0 Å². The van der Waals surface area contributed by atoms with Crippen molar-refractivity contribution in [3.05, 3.63) is 71.3 Å². The van der Waals surface area contributed by atoms with E-state index in [9.17, 15) is 19.8 Å². The number of fused-ring (bicyclic) bond motifs is 1. The third-order valence-corrected chi connectivity index (χ3v) is 8.20. The second-order valence-electron chi connectivity index (χ2n) is 12.6. The highest BCUT2D eigenvalue weighted by molar-refractivity contribution is 5.80. The van der Waals surface area contributed by atoms with Crippen LogP contribution in [0.25, 0.3) is 0 Å². The zero-order chi connectivity index (χ0) is 28.7. The van der Waals surface area contributed by atoms with Crippen LogP contribution in [0.4, 0.5) is 4.79 Å². The minimum absolute atomic E-state index is 0.179. The SMILES string of the molecule is CC(C)(C)OC(=O)NC(CC1CCCCC1)C(O)CC(Cc1ccccc1)C(=O)NC1c2ccccc2CC1O. The first-order valence-corrected chi connectivity index (χ1v) is 14.9. The largest absolute Gasteiger partial charge is 0.444 e. The van der Waals surface area contributed by atoms with Crippen LogP contribution < -0.4 is 10.6 Å². The van der Waals surface area contributed by atoms with Crippen LogP contribution in [0.3, 0.4) is 0 Å². The third-order valence-electron chi connectivity index (χ3n) is 8.20. The summed E-state index contributed by atoms with van der Waals surface area (Å²) in [7, 11) is 0. The number of aliphatic hydroxyl groups excluding tert-OH is 2. The number of carbonyl (C=O) groups excluding carboxylic acids is 2. The second kappa shape index (κ2) is 13.6. The Bertz CT molecular complexity index is 1110. The lowest BCUT2D eigenvalue weighted by molar-refractivity contribution is -0.127. The van der Waals surface area contributed by atoms with E-state index in [-0.39, 0.29) is 12.3 Å². The Morgan fingerprint density at radius 1 is 1.00 bits per heavy atom. The molecule has 0 bridgehead atoms. The zero-order valence-corrected chi connectivity index (χ0v) is 24.1. The number of carbonyl (C=O) groups is 2. The smallest absolute Gasteiger partial charge is 0.407 e. The molecule has 0 radical (unpaired) electrons. The Kier molecular flexibility index (Phi) is 10.3. The predicted molar refractivity (Wildman–Crippen MR) is 156 cm³/mol. The number of benzene rings is 2. The molecule has 0 saturated heterocycles. The Morgan fingerprint density at radius 3 is 2.38 bits per heavy atom. The van der Waals surface area contributed by atoms with E-state index in [2.05, 4.69) is 10.6 Å². The number of nitrogens with one attached hydrogen (secondary N) is 2. The van der Waals surface area contributed by atoms with Crippen LogP contribution in [0.2, 0.25) is 0 Å². The maximum absolute atomic E-state index is 13.8. The fraction of sp³-hybridized carbons (Fsp3) is 0.576. The van der Waals surface area contributed by atoms with Crippen molar-refractivity contribution in [3.63, 3.8) is 0 Å². The Labute approximate surface area is 238 Å². The maximum atomic E-state index is 13.8. The van der Waals surface area contributed by atoms with Gasteiger partial charge in [-0.2, -0.15) is 0 Å². The Hall–Kier alpha value is -2.90. The topological polar surface area (TPSA) is 108 Å². The Morgan fingerprint density at radius 2 is 1.68 bits per heavy atom. The summed E-state index contributed by atoms with van der Waals surface area (Å²) in [5, 5.41) is 28.3. The number of rotatable bonds is 10. The fourth-order valence-corrected chi connectivity index (χ4v) is 6.21.